The molecular weight excluding hydrogens is 268 g/mol. The summed E-state index contributed by atoms with van der Waals surface area (Å²) in [7, 11) is 1.80. The maximum atomic E-state index is 12.3. The third-order valence-electron chi connectivity index (χ3n) is 3.13. The van der Waals surface area contributed by atoms with E-state index >= 15 is 0 Å². The Bertz CT molecular complexity index is 663. The second-order valence-corrected chi connectivity index (χ2v) is 5.31. The number of rotatable bonds is 5. The van der Waals surface area contributed by atoms with Crippen LogP contribution in [0.25, 0.3) is 0 Å². The summed E-state index contributed by atoms with van der Waals surface area (Å²) in [5.41, 5.74) is 0.793. The number of nitriles is 1. The van der Waals surface area contributed by atoms with Gasteiger partial charge < -0.3 is 10.3 Å². The molecule has 0 unspecified atom stereocenters. The SMILES string of the molecule is CC(C)C[C@H](NC(=O)c1cc(C#N)c[nH]1)c1ncnn1C. The summed E-state index contributed by atoms with van der Waals surface area (Å²) in [6.45, 7) is 4.16. The number of aromatic amines is 1. The van der Waals surface area contributed by atoms with E-state index in [1.165, 1.54) is 18.6 Å². The zero-order valence-electron chi connectivity index (χ0n) is 12.3. The van der Waals surface area contributed by atoms with Crippen LogP contribution in [0.15, 0.2) is 18.6 Å². The van der Waals surface area contributed by atoms with Crippen molar-refractivity contribution in [1.82, 2.24) is 25.1 Å². The molecule has 0 bridgehead atoms. The summed E-state index contributed by atoms with van der Waals surface area (Å²) >= 11 is 0. The summed E-state index contributed by atoms with van der Waals surface area (Å²) in [4.78, 5) is 19.3. The van der Waals surface area contributed by atoms with Gasteiger partial charge in [0.05, 0.1) is 11.6 Å². The Morgan fingerprint density at radius 3 is 2.86 bits per heavy atom. The van der Waals surface area contributed by atoms with E-state index in [-0.39, 0.29) is 11.9 Å². The molecule has 0 aliphatic carbocycles. The van der Waals surface area contributed by atoms with Gasteiger partial charge in [0.2, 0.25) is 0 Å². The predicted octanol–water partition coefficient (Wildman–Crippen LogP) is 1.53. The lowest BCUT2D eigenvalue weighted by atomic mass is 10.0. The average molecular weight is 286 g/mol. The van der Waals surface area contributed by atoms with Crippen molar-refractivity contribution in [1.29, 1.82) is 5.26 Å². The van der Waals surface area contributed by atoms with Gasteiger partial charge in [-0.1, -0.05) is 13.8 Å². The van der Waals surface area contributed by atoms with Gasteiger partial charge in [-0.15, -0.1) is 0 Å². The molecule has 0 aliphatic heterocycles. The molecule has 110 valence electrons. The molecule has 0 spiro atoms. The smallest absolute Gasteiger partial charge is 0.268 e. The number of H-pyrrole nitrogens is 1. The van der Waals surface area contributed by atoms with Crippen molar-refractivity contribution >= 4 is 5.91 Å². The molecule has 2 rings (SSSR count). The number of carbonyl (C=O) groups is 1. The fourth-order valence-corrected chi connectivity index (χ4v) is 2.15. The van der Waals surface area contributed by atoms with Crippen molar-refractivity contribution in [3.8, 4) is 6.07 Å². The van der Waals surface area contributed by atoms with Crippen molar-refractivity contribution in [2.75, 3.05) is 0 Å². The normalized spacial score (nSPS) is 12.1. The van der Waals surface area contributed by atoms with Crippen LogP contribution < -0.4 is 5.32 Å². The second kappa shape index (κ2) is 6.22. The van der Waals surface area contributed by atoms with E-state index in [0.29, 0.717) is 23.0 Å². The molecule has 0 aromatic carbocycles. The predicted molar refractivity (Wildman–Crippen MR) is 76.2 cm³/mol. The number of carbonyl (C=O) groups excluding carboxylic acids is 1. The van der Waals surface area contributed by atoms with E-state index in [1.54, 1.807) is 11.7 Å². The van der Waals surface area contributed by atoms with Gasteiger partial charge in [0.15, 0.2) is 0 Å². The minimum Gasteiger partial charge on any atom is -0.356 e. The van der Waals surface area contributed by atoms with Crippen LogP contribution in [0.1, 0.15) is 48.2 Å². The lowest BCUT2D eigenvalue weighted by molar-refractivity contribution is 0.0924. The quantitative estimate of drug-likeness (QED) is 0.870. The molecule has 0 aliphatic rings. The number of nitrogens with zero attached hydrogens (tertiary/aromatic N) is 4. The molecule has 0 saturated carbocycles. The summed E-state index contributed by atoms with van der Waals surface area (Å²) in [6.07, 6.45) is 3.73. The molecule has 0 fully saturated rings. The first kappa shape index (κ1) is 14.8. The van der Waals surface area contributed by atoms with Crippen molar-refractivity contribution in [2.45, 2.75) is 26.3 Å². The molecule has 0 saturated heterocycles. The van der Waals surface area contributed by atoms with Gasteiger partial charge in [-0.25, -0.2) is 4.98 Å². The van der Waals surface area contributed by atoms with E-state index in [9.17, 15) is 4.79 Å². The number of nitrogens with one attached hydrogen (secondary N) is 2. The van der Waals surface area contributed by atoms with E-state index in [1.807, 2.05) is 6.07 Å². The van der Waals surface area contributed by atoms with E-state index in [2.05, 4.69) is 34.2 Å². The number of hydrogen-bond donors (Lipinski definition) is 2. The van der Waals surface area contributed by atoms with Crippen LogP contribution in [0.4, 0.5) is 0 Å². The first-order valence-corrected chi connectivity index (χ1v) is 6.74. The fraction of sp³-hybridized carbons (Fsp3) is 0.429. The van der Waals surface area contributed by atoms with Gasteiger partial charge >= 0.3 is 0 Å². The highest BCUT2D eigenvalue weighted by Gasteiger charge is 2.21. The van der Waals surface area contributed by atoms with Crippen LogP contribution in [0, 0.1) is 17.2 Å². The molecule has 2 aromatic heterocycles. The molecule has 1 atom stereocenters. The van der Waals surface area contributed by atoms with Gasteiger partial charge in [0, 0.05) is 13.2 Å². The Labute approximate surface area is 123 Å². The summed E-state index contributed by atoms with van der Waals surface area (Å²) < 4.78 is 1.66. The fourth-order valence-electron chi connectivity index (χ4n) is 2.15. The van der Waals surface area contributed by atoms with Gasteiger partial charge in [-0.2, -0.15) is 10.4 Å². The van der Waals surface area contributed by atoms with Gasteiger partial charge in [0.1, 0.15) is 23.9 Å². The maximum Gasteiger partial charge on any atom is 0.268 e. The molecule has 2 N–H and O–H groups in total. The minimum absolute atomic E-state index is 0.223. The van der Waals surface area contributed by atoms with Crippen molar-refractivity contribution in [2.24, 2.45) is 13.0 Å². The molecular formula is C14H18N6O. The highest BCUT2D eigenvalue weighted by molar-refractivity contribution is 5.93. The zero-order valence-corrected chi connectivity index (χ0v) is 12.3. The van der Waals surface area contributed by atoms with Crippen molar-refractivity contribution in [3.63, 3.8) is 0 Å². The van der Waals surface area contributed by atoms with Gasteiger partial charge in [-0.3, -0.25) is 9.48 Å². The van der Waals surface area contributed by atoms with Crippen LogP contribution in [0.3, 0.4) is 0 Å². The van der Waals surface area contributed by atoms with Crippen LogP contribution in [-0.2, 0) is 7.05 Å². The van der Waals surface area contributed by atoms with E-state index < -0.39 is 0 Å². The minimum atomic E-state index is -0.259. The third kappa shape index (κ3) is 3.48. The first-order chi connectivity index (χ1) is 10.0. The van der Waals surface area contributed by atoms with Crippen molar-refractivity contribution in [3.05, 3.63) is 35.7 Å². The Balaban J connectivity index is 2.17. The lowest BCUT2D eigenvalue weighted by Gasteiger charge is -2.19. The van der Waals surface area contributed by atoms with Crippen LogP contribution in [0.5, 0.6) is 0 Å². The van der Waals surface area contributed by atoms with Crippen LogP contribution in [-0.4, -0.2) is 25.7 Å². The number of aryl methyl sites for hydroxylation is 1. The molecule has 0 radical (unpaired) electrons. The highest BCUT2D eigenvalue weighted by Crippen LogP contribution is 2.19. The topological polar surface area (TPSA) is 99.4 Å². The molecule has 2 aromatic rings. The van der Waals surface area contributed by atoms with E-state index in [0.717, 1.165) is 6.42 Å². The van der Waals surface area contributed by atoms with Crippen LogP contribution in [0.2, 0.25) is 0 Å². The number of aromatic nitrogens is 4. The number of amides is 1. The Kier molecular flexibility index (Phi) is 4.38. The van der Waals surface area contributed by atoms with E-state index in [4.69, 9.17) is 5.26 Å². The Hall–Kier alpha value is -2.62. The number of hydrogen-bond acceptors (Lipinski definition) is 4. The Morgan fingerprint density at radius 2 is 2.33 bits per heavy atom. The molecule has 1 amide bonds. The second-order valence-electron chi connectivity index (χ2n) is 5.31. The Morgan fingerprint density at radius 1 is 1.57 bits per heavy atom. The molecule has 7 heteroatoms. The van der Waals surface area contributed by atoms with Gasteiger partial charge in [-0.05, 0) is 18.4 Å². The maximum absolute atomic E-state index is 12.3. The highest BCUT2D eigenvalue weighted by atomic mass is 16.2. The average Bonchev–Trinajstić information content (AvgIpc) is 3.05. The van der Waals surface area contributed by atoms with Crippen LogP contribution >= 0.6 is 0 Å². The van der Waals surface area contributed by atoms with Gasteiger partial charge in [0.25, 0.3) is 5.91 Å². The lowest BCUT2D eigenvalue weighted by Crippen LogP contribution is -2.31. The first-order valence-electron chi connectivity index (χ1n) is 6.74. The largest absolute Gasteiger partial charge is 0.356 e. The summed E-state index contributed by atoms with van der Waals surface area (Å²) in [5.74, 6) is 0.847. The summed E-state index contributed by atoms with van der Waals surface area (Å²) in [5, 5.41) is 15.8. The summed E-state index contributed by atoms with van der Waals surface area (Å²) in [6, 6.07) is 3.29. The monoisotopic (exact) mass is 286 g/mol. The molecule has 2 heterocycles. The zero-order chi connectivity index (χ0) is 15.4. The molecule has 7 nitrogen and oxygen atoms in total. The van der Waals surface area contributed by atoms with Crippen molar-refractivity contribution < 1.29 is 4.79 Å². The third-order valence-corrected chi connectivity index (χ3v) is 3.13. The molecule has 21 heavy (non-hydrogen) atoms. The standard InChI is InChI=1S/C14H18N6O/c1-9(2)4-11(13-17-8-18-20(13)3)19-14(21)12-5-10(6-15)7-16-12/h5,7-9,11,16H,4H2,1-3H3,(H,19,21)/t11-/m0/s1.